The van der Waals surface area contributed by atoms with E-state index in [0.29, 0.717) is 22.5 Å². The zero-order valence-electron chi connectivity index (χ0n) is 9.05. The number of carbonyl (C=O) groups is 1. The number of aromatic amines is 1. The first-order valence-corrected chi connectivity index (χ1v) is 4.94. The number of aromatic nitrogens is 1. The van der Waals surface area contributed by atoms with Crippen molar-refractivity contribution in [2.75, 3.05) is 0 Å². The van der Waals surface area contributed by atoms with E-state index < -0.39 is 17.5 Å². The number of H-pyrrole nitrogens is 1. The number of hydrogen-bond donors (Lipinski definition) is 2. The molecule has 0 spiro atoms. The van der Waals surface area contributed by atoms with Gasteiger partial charge in [-0.1, -0.05) is 0 Å². The van der Waals surface area contributed by atoms with Gasteiger partial charge in [0.2, 0.25) is 0 Å². The molecule has 2 aromatic rings. The van der Waals surface area contributed by atoms with Gasteiger partial charge >= 0.3 is 0 Å². The fraction of sp³-hybridized carbons (Fsp3) is 0.0833. The summed E-state index contributed by atoms with van der Waals surface area (Å²) < 4.78 is 25.8. The highest BCUT2D eigenvalue weighted by molar-refractivity contribution is 5.95. The molecular weight excluding hydrogens is 226 g/mol. The Hall–Kier alpha value is -2.17. The van der Waals surface area contributed by atoms with Gasteiger partial charge in [-0.25, -0.2) is 8.78 Å². The van der Waals surface area contributed by atoms with Crippen molar-refractivity contribution >= 4 is 5.91 Å². The average Bonchev–Trinajstić information content (AvgIpc) is 2.64. The molecule has 0 aliphatic rings. The fourth-order valence-electron chi connectivity index (χ4n) is 1.63. The van der Waals surface area contributed by atoms with Crippen molar-refractivity contribution in [2.24, 2.45) is 5.73 Å². The molecule has 1 aromatic carbocycles. The molecule has 0 unspecified atom stereocenters. The number of nitrogens with two attached hydrogens (primary N) is 1. The maximum atomic E-state index is 13.1. The summed E-state index contributed by atoms with van der Waals surface area (Å²) in [6.07, 6.45) is 0. The summed E-state index contributed by atoms with van der Waals surface area (Å²) in [7, 11) is 0. The summed E-state index contributed by atoms with van der Waals surface area (Å²) in [5.41, 5.74) is 7.08. The number of hydrogen-bond acceptors (Lipinski definition) is 1. The van der Waals surface area contributed by atoms with Crippen LogP contribution in [0.4, 0.5) is 8.78 Å². The van der Waals surface area contributed by atoms with Crippen molar-refractivity contribution in [1.29, 1.82) is 0 Å². The number of halogens is 2. The molecule has 0 saturated carbocycles. The highest BCUT2D eigenvalue weighted by Gasteiger charge is 2.12. The van der Waals surface area contributed by atoms with Crippen LogP contribution in [0.15, 0.2) is 24.3 Å². The van der Waals surface area contributed by atoms with Gasteiger partial charge < -0.3 is 10.7 Å². The second kappa shape index (κ2) is 4.01. The predicted octanol–water partition coefficient (Wildman–Crippen LogP) is 2.37. The van der Waals surface area contributed by atoms with Crippen molar-refractivity contribution in [3.63, 3.8) is 0 Å². The van der Waals surface area contributed by atoms with Crippen molar-refractivity contribution in [3.05, 3.63) is 47.2 Å². The fourth-order valence-corrected chi connectivity index (χ4v) is 1.63. The predicted molar refractivity (Wildman–Crippen MR) is 59.4 cm³/mol. The van der Waals surface area contributed by atoms with Crippen LogP contribution in [-0.4, -0.2) is 10.9 Å². The van der Waals surface area contributed by atoms with E-state index in [1.807, 2.05) is 0 Å². The van der Waals surface area contributed by atoms with Gasteiger partial charge in [-0.05, 0) is 31.2 Å². The van der Waals surface area contributed by atoms with Crippen molar-refractivity contribution in [1.82, 2.24) is 4.98 Å². The van der Waals surface area contributed by atoms with Gasteiger partial charge in [0.25, 0.3) is 5.91 Å². The van der Waals surface area contributed by atoms with E-state index in [1.54, 1.807) is 6.92 Å². The van der Waals surface area contributed by atoms with Crippen molar-refractivity contribution < 1.29 is 13.6 Å². The monoisotopic (exact) mass is 236 g/mol. The van der Waals surface area contributed by atoms with Gasteiger partial charge in [-0.15, -0.1) is 0 Å². The Kier molecular flexibility index (Phi) is 2.67. The lowest BCUT2D eigenvalue weighted by molar-refractivity contribution is 0.1000. The molecule has 1 aromatic heterocycles. The second-order valence-corrected chi connectivity index (χ2v) is 3.71. The summed E-state index contributed by atoms with van der Waals surface area (Å²) >= 11 is 0. The lowest BCUT2D eigenvalue weighted by Gasteiger charge is -1.98. The Bertz CT molecular complexity index is 590. The SMILES string of the molecule is Cc1[nH]c(-c2ccc(F)c(F)c2)cc1C(N)=O. The minimum Gasteiger partial charge on any atom is -0.366 e. The minimum absolute atomic E-state index is 0.338. The van der Waals surface area contributed by atoms with E-state index in [1.165, 1.54) is 12.1 Å². The molecule has 88 valence electrons. The van der Waals surface area contributed by atoms with Crippen LogP contribution in [-0.2, 0) is 0 Å². The Labute approximate surface area is 96.3 Å². The Morgan fingerprint density at radius 1 is 1.24 bits per heavy atom. The van der Waals surface area contributed by atoms with Crippen LogP contribution in [0, 0.1) is 18.6 Å². The van der Waals surface area contributed by atoms with Crippen molar-refractivity contribution in [3.8, 4) is 11.3 Å². The van der Waals surface area contributed by atoms with Gasteiger partial charge in [0, 0.05) is 17.0 Å². The molecule has 5 heteroatoms. The first kappa shape index (κ1) is 11.3. The molecule has 0 saturated heterocycles. The third-order valence-electron chi connectivity index (χ3n) is 2.51. The molecule has 0 atom stereocenters. The zero-order chi connectivity index (χ0) is 12.6. The number of benzene rings is 1. The smallest absolute Gasteiger partial charge is 0.250 e. The molecule has 17 heavy (non-hydrogen) atoms. The van der Waals surface area contributed by atoms with Crippen LogP contribution in [0.25, 0.3) is 11.3 Å². The highest BCUT2D eigenvalue weighted by Crippen LogP contribution is 2.23. The standard InChI is InChI=1S/C12H10F2N2O/c1-6-8(12(15)17)5-11(16-6)7-2-3-9(13)10(14)4-7/h2-5,16H,1H3,(H2,15,17). The highest BCUT2D eigenvalue weighted by atomic mass is 19.2. The molecule has 0 aliphatic heterocycles. The van der Waals surface area contributed by atoms with E-state index in [9.17, 15) is 13.6 Å². The lowest BCUT2D eigenvalue weighted by Crippen LogP contribution is -2.10. The summed E-state index contributed by atoms with van der Waals surface area (Å²) in [5.74, 6) is -2.41. The van der Waals surface area contributed by atoms with Crippen LogP contribution >= 0.6 is 0 Å². The van der Waals surface area contributed by atoms with Gasteiger partial charge in [-0.3, -0.25) is 4.79 Å². The summed E-state index contributed by atoms with van der Waals surface area (Å²) in [5, 5.41) is 0. The van der Waals surface area contributed by atoms with Gasteiger partial charge in [0.05, 0.1) is 5.56 Å². The van der Waals surface area contributed by atoms with Gasteiger partial charge in [0.15, 0.2) is 11.6 Å². The minimum atomic E-state index is -0.935. The lowest BCUT2D eigenvalue weighted by atomic mass is 10.1. The molecule has 3 N–H and O–H groups in total. The maximum absolute atomic E-state index is 13.1. The first-order chi connectivity index (χ1) is 7.99. The average molecular weight is 236 g/mol. The summed E-state index contributed by atoms with van der Waals surface area (Å²) in [4.78, 5) is 14.0. The molecule has 0 bridgehead atoms. The Morgan fingerprint density at radius 3 is 2.47 bits per heavy atom. The van der Waals surface area contributed by atoms with Crippen LogP contribution in [0.1, 0.15) is 16.1 Å². The molecule has 0 aliphatic carbocycles. The topological polar surface area (TPSA) is 58.9 Å². The molecular formula is C12H10F2N2O. The van der Waals surface area contributed by atoms with Crippen molar-refractivity contribution in [2.45, 2.75) is 6.92 Å². The number of aryl methyl sites for hydroxylation is 1. The largest absolute Gasteiger partial charge is 0.366 e. The Morgan fingerprint density at radius 2 is 1.94 bits per heavy atom. The molecule has 1 heterocycles. The van der Waals surface area contributed by atoms with E-state index in [4.69, 9.17) is 5.73 Å². The van der Waals surface area contributed by atoms with Gasteiger partial charge in [-0.2, -0.15) is 0 Å². The van der Waals surface area contributed by atoms with Crippen LogP contribution in [0.2, 0.25) is 0 Å². The first-order valence-electron chi connectivity index (χ1n) is 4.94. The number of rotatable bonds is 2. The molecule has 2 rings (SSSR count). The third kappa shape index (κ3) is 2.04. The van der Waals surface area contributed by atoms with E-state index >= 15 is 0 Å². The number of amides is 1. The third-order valence-corrected chi connectivity index (χ3v) is 2.51. The van der Waals surface area contributed by atoms with E-state index in [2.05, 4.69) is 4.98 Å². The normalized spacial score (nSPS) is 10.5. The number of primary amides is 1. The van der Waals surface area contributed by atoms with Crippen LogP contribution in [0.3, 0.4) is 0 Å². The number of nitrogens with one attached hydrogen (secondary N) is 1. The van der Waals surface area contributed by atoms with Crippen LogP contribution < -0.4 is 5.73 Å². The molecule has 0 fully saturated rings. The Balaban J connectivity index is 2.50. The number of carbonyl (C=O) groups excluding carboxylic acids is 1. The molecule has 0 radical (unpaired) electrons. The summed E-state index contributed by atoms with van der Waals surface area (Å²) in [6, 6.07) is 5.04. The zero-order valence-corrected chi connectivity index (χ0v) is 9.05. The molecule has 3 nitrogen and oxygen atoms in total. The van der Waals surface area contributed by atoms with E-state index in [-0.39, 0.29) is 0 Å². The van der Waals surface area contributed by atoms with Crippen LogP contribution in [0.5, 0.6) is 0 Å². The maximum Gasteiger partial charge on any atom is 0.250 e. The van der Waals surface area contributed by atoms with Gasteiger partial charge in [0.1, 0.15) is 0 Å². The quantitative estimate of drug-likeness (QED) is 0.826. The summed E-state index contributed by atoms with van der Waals surface area (Å²) in [6.45, 7) is 1.68. The second-order valence-electron chi connectivity index (χ2n) is 3.71. The van der Waals surface area contributed by atoms with E-state index in [0.717, 1.165) is 12.1 Å². The molecule has 1 amide bonds.